The van der Waals surface area contributed by atoms with Crippen molar-refractivity contribution in [2.24, 2.45) is 0 Å². The Kier molecular flexibility index (Phi) is 6.62. The van der Waals surface area contributed by atoms with Gasteiger partial charge in [0, 0.05) is 31.7 Å². The number of piperazine rings is 1. The van der Waals surface area contributed by atoms with E-state index in [0.29, 0.717) is 26.2 Å². The fourth-order valence-corrected chi connectivity index (χ4v) is 2.65. The number of para-hydroxylation sites is 1. The molecule has 1 heterocycles. The highest BCUT2D eigenvalue weighted by atomic mass is 35.5. The minimum absolute atomic E-state index is 0. The summed E-state index contributed by atoms with van der Waals surface area (Å²) in [5.41, 5.74) is 0.0402. The van der Waals surface area contributed by atoms with Crippen LogP contribution in [0.4, 0.5) is 8.78 Å². The van der Waals surface area contributed by atoms with Gasteiger partial charge in [0.05, 0.1) is 5.02 Å². The summed E-state index contributed by atoms with van der Waals surface area (Å²) < 4.78 is 28.3. The molecule has 0 spiro atoms. The van der Waals surface area contributed by atoms with Crippen molar-refractivity contribution in [1.29, 1.82) is 0 Å². The largest absolute Gasteiger partial charge is 0.506 e. The maximum Gasteiger partial charge on any atom is 0.290 e. The molecule has 8 heteroatoms. The first-order valence-corrected chi connectivity index (χ1v) is 6.76. The van der Waals surface area contributed by atoms with Crippen LogP contribution in [0.1, 0.15) is 11.6 Å². The number of aliphatic hydroxyl groups is 1. The van der Waals surface area contributed by atoms with Crippen LogP contribution in [0, 0.1) is 0 Å². The van der Waals surface area contributed by atoms with Gasteiger partial charge in [0.1, 0.15) is 18.4 Å². The molecule has 0 amide bonds. The van der Waals surface area contributed by atoms with Gasteiger partial charge in [-0.15, -0.1) is 12.4 Å². The quantitative estimate of drug-likeness (QED) is 0.783. The lowest BCUT2D eigenvalue weighted by Gasteiger charge is -2.39. The van der Waals surface area contributed by atoms with Crippen LogP contribution >= 0.6 is 24.0 Å². The highest BCUT2D eigenvalue weighted by Crippen LogP contribution is 2.42. The molecule has 1 fully saturated rings. The summed E-state index contributed by atoms with van der Waals surface area (Å²) in [6.07, 6.45) is 0. The van der Waals surface area contributed by atoms with Crippen molar-refractivity contribution in [3.63, 3.8) is 0 Å². The lowest BCUT2D eigenvalue weighted by Crippen LogP contribution is -2.51. The number of rotatable bonds is 4. The molecular formula is C13H18Cl2F2N2O2. The van der Waals surface area contributed by atoms with Crippen LogP contribution in [0.2, 0.25) is 5.02 Å². The highest BCUT2D eigenvalue weighted by molar-refractivity contribution is 6.32. The molecule has 1 atom stereocenters. The predicted molar refractivity (Wildman–Crippen MR) is 79.6 cm³/mol. The van der Waals surface area contributed by atoms with Gasteiger partial charge in [-0.2, -0.15) is 0 Å². The Morgan fingerprint density at radius 1 is 1.33 bits per heavy atom. The Hall–Kier alpha value is -0.660. The van der Waals surface area contributed by atoms with E-state index in [4.69, 9.17) is 16.7 Å². The van der Waals surface area contributed by atoms with E-state index >= 15 is 0 Å². The molecule has 0 unspecified atom stereocenters. The van der Waals surface area contributed by atoms with Crippen LogP contribution in [0.3, 0.4) is 0 Å². The van der Waals surface area contributed by atoms with E-state index < -0.39 is 18.6 Å². The zero-order valence-electron chi connectivity index (χ0n) is 11.2. The van der Waals surface area contributed by atoms with E-state index in [-0.39, 0.29) is 28.7 Å². The van der Waals surface area contributed by atoms with Crippen molar-refractivity contribution in [1.82, 2.24) is 10.2 Å². The molecule has 1 aromatic rings. The van der Waals surface area contributed by atoms with Gasteiger partial charge in [0.2, 0.25) is 0 Å². The van der Waals surface area contributed by atoms with Crippen molar-refractivity contribution >= 4 is 24.0 Å². The summed E-state index contributed by atoms with van der Waals surface area (Å²) in [7, 11) is 0. The fourth-order valence-electron chi connectivity index (χ4n) is 2.47. The Morgan fingerprint density at radius 2 is 1.95 bits per heavy atom. The Morgan fingerprint density at radius 3 is 2.52 bits per heavy atom. The fraction of sp³-hybridized carbons (Fsp3) is 0.538. The van der Waals surface area contributed by atoms with Crippen LogP contribution in [-0.4, -0.2) is 53.8 Å². The molecule has 0 aliphatic carbocycles. The van der Waals surface area contributed by atoms with E-state index in [0.717, 1.165) is 0 Å². The van der Waals surface area contributed by atoms with Gasteiger partial charge in [-0.1, -0.05) is 23.7 Å². The van der Waals surface area contributed by atoms with Gasteiger partial charge >= 0.3 is 0 Å². The predicted octanol–water partition coefficient (Wildman–Crippen LogP) is 2.04. The van der Waals surface area contributed by atoms with Crippen molar-refractivity contribution in [3.8, 4) is 5.75 Å². The number of hydrogen-bond donors (Lipinski definition) is 3. The lowest BCUT2D eigenvalue weighted by atomic mass is 9.97. The van der Waals surface area contributed by atoms with E-state index in [9.17, 15) is 13.9 Å². The summed E-state index contributed by atoms with van der Waals surface area (Å²) in [6, 6.07) is 2.97. The molecule has 0 aromatic heterocycles. The number of aliphatic hydroxyl groups excluding tert-OH is 1. The van der Waals surface area contributed by atoms with Crippen LogP contribution in [0.15, 0.2) is 18.2 Å². The third-order valence-electron chi connectivity index (χ3n) is 3.44. The van der Waals surface area contributed by atoms with Gasteiger partial charge in [0.15, 0.2) is 0 Å². The van der Waals surface area contributed by atoms with Crippen molar-refractivity contribution < 1.29 is 19.0 Å². The molecular weight excluding hydrogens is 325 g/mol. The molecule has 1 aliphatic rings. The first-order chi connectivity index (χ1) is 9.47. The zero-order chi connectivity index (χ0) is 14.8. The smallest absolute Gasteiger partial charge is 0.290 e. The summed E-state index contributed by atoms with van der Waals surface area (Å²) in [5.74, 6) is -3.72. The van der Waals surface area contributed by atoms with E-state index in [2.05, 4.69) is 5.32 Å². The number of benzene rings is 1. The van der Waals surface area contributed by atoms with Crippen LogP contribution < -0.4 is 5.32 Å². The summed E-state index contributed by atoms with van der Waals surface area (Å²) in [6.45, 7) is 0.699. The molecule has 1 saturated heterocycles. The van der Waals surface area contributed by atoms with Crippen LogP contribution in [0.5, 0.6) is 5.75 Å². The number of nitrogens with one attached hydrogen (secondary N) is 1. The average Bonchev–Trinajstić information content (AvgIpc) is 2.45. The van der Waals surface area contributed by atoms with Gasteiger partial charge in [-0.05, 0) is 6.07 Å². The molecule has 21 heavy (non-hydrogen) atoms. The molecule has 1 aromatic carbocycles. The van der Waals surface area contributed by atoms with Crippen molar-refractivity contribution in [2.45, 2.75) is 12.0 Å². The van der Waals surface area contributed by atoms with Gasteiger partial charge in [0.25, 0.3) is 5.92 Å². The average molecular weight is 343 g/mol. The number of phenols is 1. The second-order valence-corrected chi connectivity index (χ2v) is 5.19. The first kappa shape index (κ1) is 18.4. The van der Waals surface area contributed by atoms with Gasteiger partial charge < -0.3 is 15.5 Å². The monoisotopic (exact) mass is 342 g/mol. The van der Waals surface area contributed by atoms with Gasteiger partial charge in [-0.3, -0.25) is 4.90 Å². The van der Waals surface area contributed by atoms with Crippen molar-refractivity contribution in [3.05, 3.63) is 28.8 Å². The van der Waals surface area contributed by atoms with Gasteiger partial charge in [-0.25, -0.2) is 8.78 Å². The normalized spacial score (nSPS) is 18.1. The number of halogens is 4. The van der Waals surface area contributed by atoms with Crippen molar-refractivity contribution in [2.75, 3.05) is 32.8 Å². The third-order valence-corrected chi connectivity index (χ3v) is 3.75. The Labute approximate surface area is 133 Å². The standard InChI is InChI=1S/C13H17ClF2N2O2.ClH/c14-10-3-1-2-9(11(10)20)12(13(15,16)8-19)18-6-4-17-5-7-18;/h1-3,12,17,19-20H,4-8H2;1H/t12-;/m0./s1. The zero-order valence-corrected chi connectivity index (χ0v) is 12.8. The minimum Gasteiger partial charge on any atom is -0.506 e. The number of phenolic OH excluding ortho intramolecular Hbond substituents is 1. The number of aromatic hydroxyl groups is 1. The number of hydrogen-bond acceptors (Lipinski definition) is 4. The summed E-state index contributed by atoms with van der Waals surface area (Å²) >= 11 is 5.80. The third kappa shape index (κ3) is 3.96. The summed E-state index contributed by atoms with van der Waals surface area (Å²) in [4.78, 5) is 1.55. The molecule has 0 radical (unpaired) electrons. The van der Waals surface area contributed by atoms with Crippen LogP contribution in [-0.2, 0) is 0 Å². The first-order valence-electron chi connectivity index (χ1n) is 6.38. The van der Waals surface area contributed by atoms with E-state index in [1.807, 2.05) is 0 Å². The molecule has 0 bridgehead atoms. The topological polar surface area (TPSA) is 55.7 Å². The maximum absolute atomic E-state index is 14.1. The SMILES string of the molecule is Cl.OCC(F)(F)[C@H](c1cccc(Cl)c1O)N1CCNCC1. The maximum atomic E-state index is 14.1. The minimum atomic E-state index is -3.36. The van der Waals surface area contributed by atoms with E-state index in [1.165, 1.54) is 18.2 Å². The highest BCUT2D eigenvalue weighted by Gasteiger charge is 2.45. The van der Waals surface area contributed by atoms with E-state index in [1.54, 1.807) is 4.90 Å². The summed E-state index contributed by atoms with van der Waals surface area (Å²) in [5, 5.41) is 22.1. The molecule has 0 saturated carbocycles. The Balaban J connectivity index is 0.00000220. The van der Waals surface area contributed by atoms with Crippen LogP contribution in [0.25, 0.3) is 0 Å². The number of nitrogens with zero attached hydrogens (tertiary/aromatic N) is 1. The molecule has 4 nitrogen and oxygen atoms in total. The number of alkyl halides is 2. The lowest BCUT2D eigenvalue weighted by molar-refractivity contribution is -0.119. The molecule has 3 N–H and O–H groups in total. The molecule has 2 rings (SSSR count). The molecule has 1 aliphatic heterocycles. The second-order valence-electron chi connectivity index (χ2n) is 4.79. The molecule has 120 valence electrons. The second kappa shape index (κ2) is 7.56. The Bertz CT molecular complexity index is 471.